The normalized spacial score (nSPS) is 21.6. The molecule has 0 atom stereocenters. The molecule has 0 radical (unpaired) electrons. The predicted octanol–water partition coefficient (Wildman–Crippen LogP) is 4.70. The van der Waals surface area contributed by atoms with E-state index < -0.39 is 0 Å². The smallest absolute Gasteiger partial charge is 0.286 e. The van der Waals surface area contributed by atoms with Crippen molar-refractivity contribution in [1.82, 2.24) is 4.90 Å². The summed E-state index contributed by atoms with van der Waals surface area (Å²) < 4.78 is 0. The number of likely N-dealkylation sites (tertiary alicyclic amines) is 1. The molecule has 0 aromatic heterocycles. The van der Waals surface area contributed by atoms with E-state index >= 15 is 0 Å². The van der Waals surface area contributed by atoms with Crippen molar-refractivity contribution in [3.63, 3.8) is 0 Å². The molecule has 2 aliphatic heterocycles. The first-order valence-electron chi connectivity index (χ1n) is 7.25. The van der Waals surface area contributed by atoms with Gasteiger partial charge in [-0.1, -0.05) is 36.2 Å². The summed E-state index contributed by atoms with van der Waals surface area (Å²) in [6.07, 6.45) is 4.12. The van der Waals surface area contributed by atoms with E-state index in [0.717, 1.165) is 42.6 Å². The topological polar surface area (TPSA) is 32.7 Å². The molecule has 0 N–H and O–H groups in total. The molecule has 1 aromatic carbocycles. The zero-order valence-corrected chi connectivity index (χ0v) is 14.5. The van der Waals surface area contributed by atoms with Gasteiger partial charge in [-0.05, 0) is 54.3 Å². The molecule has 0 unspecified atom stereocenters. The molecule has 22 heavy (non-hydrogen) atoms. The van der Waals surface area contributed by atoms with Gasteiger partial charge in [-0.3, -0.25) is 4.79 Å². The Bertz CT molecular complexity index is 664. The highest BCUT2D eigenvalue weighted by Crippen LogP contribution is 2.33. The molecule has 0 spiro atoms. The van der Waals surface area contributed by atoms with E-state index in [1.807, 2.05) is 12.1 Å². The molecule has 3 nitrogen and oxygen atoms in total. The molecular formula is C16H16Cl2N2OS. The molecule has 2 aliphatic rings. The SMILES string of the molecule is CC1CCN(C2=NC(=O)C(=Cc3ccc(Cl)c(Cl)c3)S2)CC1. The van der Waals surface area contributed by atoms with E-state index in [1.165, 1.54) is 11.8 Å². The lowest BCUT2D eigenvalue weighted by Crippen LogP contribution is -2.35. The van der Waals surface area contributed by atoms with E-state index in [-0.39, 0.29) is 5.91 Å². The number of carbonyl (C=O) groups excluding carboxylic acids is 1. The van der Waals surface area contributed by atoms with Gasteiger partial charge in [0.1, 0.15) is 0 Å². The summed E-state index contributed by atoms with van der Waals surface area (Å²) in [4.78, 5) is 19.1. The fourth-order valence-corrected chi connectivity index (χ4v) is 3.76. The van der Waals surface area contributed by atoms with Gasteiger partial charge in [0, 0.05) is 13.1 Å². The third-order valence-electron chi connectivity index (χ3n) is 3.90. The Morgan fingerprint density at radius 1 is 1.27 bits per heavy atom. The van der Waals surface area contributed by atoms with Crippen molar-refractivity contribution in [2.75, 3.05) is 13.1 Å². The number of nitrogens with zero attached hydrogens (tertiary/aromatic N) is 2. The van der Waals surface area contributed by atoms with Crippen molar-refractivity contribution in [2.24, 2.45) is 10.9 Å². The number of aliphatic imine (C=N–C) groups is 1. The van der Waals surface area contributed by atoms with Crippen molar-refractivity contribution in [3.8, 4) is 0 Å². The van der Waals surface area contributed by atoms with E-state index in [4.69, 9.17) is 23.2 Å². The summed E-state index contributed by atoms with van der Waals surface area (Å²) in [5.41, 5.74) is 0.856. The molecule has 2 heterocycles. The Hall–Kier alpha value is -0.970. The van der Waals surface area contributed by atoms with Crippen LogP contribution in [0.5, 0.6) is 0 Å². The fraction of sp³-hybridized carbons (Fsp3) is 0.375. The van der Waals surface area contributed by atoms with Crippen LogP contribution in [0, 0.1) is 5.92 Å². The lowest BCUT2D eigenvalue weighted by Gasteiger charge is -2.30. The molecule has 116 valence electrons. The Morgan fingerprint density at radius 2 is 2.00 bits per heavy atom. The number of hydrogen-bond donors (Lipinski definition) is 0. The standard InChI is InChI=1S/C16H16Cl2N2OS/c1-10-4-6-20(7-5-10)16-19-15(21)14(22-16)9-11-2-3-12(17)13(18)8-11/h2-3,8-10H,4-7H2,1H3. The van der Waals surface area contributed by atoms with Crippen molar-refractivity contribution in [2.45, 2.75) is 19.8 Å². The van der Waals surface area contributed by atoms with Crippen LogP contribution in [0.1, 0.15) is 25.3 Å². The summed E-state index contributed by atoms with van der Waals surface area (Å²) in [7, 11) is 0. The van der Waals surface area contributed by atoms with E-state index in [9.17, 15) is 4.79 Å². The van der Waals surface area contributed by atoms with Gasteiger partial charge < -0.3 is 4.90 Å². The van der Waals surface area contributed by atoms with Crippen molar-refractivity contribution >= 4 is 52.1 Å². The number of amides is 1. The average Bonchev–Trinajstić information content (AvgIpc) is 2.85. The highest BCUT2D eigenvalue weighted by molar-refractivity contribution is 8.18. The number of carbonyl (C=O) groups is 1. The molecule has 6 heteroatoms. The Kier molecular flexibility index (Phi) is 4.81. The first-order valence-corrected chi connectivity index (χ1v) is 8.83. The number of benzene rings is 1. The van der Waals surface area contributed by atoms with Gasteiger partial charge >= 0.3 is 0 Å². The quantitative estimate of drug-likeness (QED) is 0.685. The number of halogens is 2. The molecular weight excluding hydrogens is 339 g/mol. The summed E-state index contributed by atoms with van der Waals surface area (Å²) in [6.45, 7) is 4.21. The van der Waals surface area contributed by atoms with Crippen LogP contribution >= 0.6 is 35.0 Å². The van der Waals surface area contributed by atoms with Crippen molar-refractivity contribution < 1.29 is 4.79 Å². The number of hydrogen-bond acceptors (Lipinski definition) is 3. The maximum absolute atomic E-state index is 12.1. The lowest BCUT2D eigenvalue weighted by atomic mass is 10.00. The second-order valence-electron chi connectivity index (χ2n) is 5.65. The third-order valence-corrected chi connectivity index (χ3v) is 5.69. The second-order valence-corrected chi connectivity index (χ2v) is 7.48. The van der Waals surface area contributed by atoms with Gasteiger partial charge in [-0.25, -0.2) is 0 Å². The summed E-state index contributed by atoms with van der Waals surface area (Å²) in [5, 5.41) is 1.81. The van der Waals surface area contributed by atoms with Crippen LogP contribution < -0.4 is 0 Å². The lowest BCUT2D eigenvalue weighted by molar-refractivity contribution is -0.113. The average molecular weight is 355 g/mol. The summed E-state index contributed by atoms with van der Waals surface area (Å²) in [6, 6.07) is 5.33. The fourth-order valence-electron chi connectivity index (χ4n) is 2.49. The molecule has 1 aromatic rings. The largest absolute Gasteiger partial charge is 0.351 e. The first-order chi connectivity index (χ1) is 10.5. The van der Waals surface area contributed by atoms with Gasteiger partial charge in [-0.15, -0.1) is 0 Å². The van der Waals surface area contributed by atoms with E-state index in [1.54, 1.807) is 12.1 Å². The van der Waals surface area contributed by atoms with E-state index in [2.05, 4.69) is 16.8 Å². The molecule has 0 bridgehead atoms. The Morgan fingerprint density at radius 3 is 2.68 bits per heavy atom. The highest BCUT2D eigenvalue weighted by Gasteiger charge is 2.28. The van der Waals surface area contributed by atoms with Crippen molar-refractivity contribution in [3.05, 3.63) is 38.7 Å². The first kappa shape index (κ1) is 15.9. The summed E-state index contributed by atoms with van der Waals surface area (Å²) >= 11 is 13.4. The van der Waals surface area contributed by atoms with Crippen LogP contribution in [0.2, 0.25) is 10.0 Å². The number of amidine groups is 1. The number of rotatable bonds is 1. The zero-order valence-electron chi connectivity index (χ0n) is 12.2. The summed E-state index contributed by atoms with van der Waals surface area (Å²) in [5.74, 6) is 0.579. The molecule has 1 amide bonds. The minimum absolute atomic E-state index is 0.176. The van der Waals surface area contributed by atoms with Crippen LogP contribution in [0.3, 0.4) is 0 Å². The monoisotopic (exact) mass is 354 g/mol. The van der Waals surface area contributed by atoms with Crippen LogP contribution in [-0.4, -0.2) is 29.1 Å². The molecule has 0 aliphatic carbocycles. The number of thioether (sulfide) groups is 1. The molecule has 0 saturated carbocycles. The maximum Gasteiger partial charge on any atom is 0.286 e. The van der Waals surface area contributed by atoms with E-state index in [0.29, 0.717) is 15.0 Å². The van der Waals surface area contributed by atoms with Gasteiger partial charge in [0.05, 0.1) is 15.0 Å². The maximum atomic E-state index is 12.1. The molecule has 3 rings (SSSR count). The Balaban J connectivity index is 1.74. The second kappa shape index (κ2) is 6.65. The van der Waals surface area contributed by atoms with Crippen LogP contribution in [0.15, 0.2) is 28.1 Å². The highest BCUT2D eigenvalue weighted by atomic mass is 35.5. The van der Waals surface area contributed by atoms with Crippen LogP contribution in [-0.2, 0) is 4.79 Å². The van der Waals surface area contributed by atoms with Gasteiger partial charge in [0.2, 0.25) is 0 Å². The minimum atomic E-state index is -0.176. The molecule has 1 fully saturated rings. The zero-order chi connectivity index (χ0) is 15.7. The predicted molar refractivity (Wildman–Crippen MR) is 94.4 cm³/mol. The van der Waals surface area contributed by atoms with Crippen LogP contribution in [0.4, 0.5) is 0 Å². The van der Waals surface area contributed by atoms with Gasteiger partial charge in [0.15, 0.2) is 5.17 Å². The van der Waals surface area contributed by atoms with Gasteiger partial charge in [0.25, 0.3) is 5.91 Å². The van der Waals surface area contributed by atoms with Crippen LogP contribution in [0.25, 0.3) is 6.08 Å². The minimum Gasteiger partial charge on any atom is -0.351 e. The third kappa shape index (κ3) is 3.50. The number of piperidine rings is 1. The Labute approximate surface area is 144 Å². The van der Waals surface area contributed by atoms with Gasteiger partial charge in [-0.2, -0.15) is 4.99 Å². The van der Waals surface area contributed by atoms with Crippen molar-refractivity contribution in [1.29, 1.82) is 0 Å². The molecule has 1 saturated heterocycles.